The number of rotatable bonds is 4. The van der Waals surface area contributed by atoms with Crippen molar-refractivity contribution in [3.63, 3.8) is 0 Å². The van der Waals surface area contributed by atoms with Crippen molar-refractivity contribution >= 4 is 34.7 Å². The van der Waals surface area contributed by atoms with Crippen LogP contribution in [0.25, 0.3) is 5.65 Å². The number of methoxy groups -OCH3 is 1. The predicted molar refractivity (Wildman–Crippen MR) is 102 cm³/mol. The van der Waals surface area contributed by atoms with Gasteiger partial charge in [-0.25, -0.2) is 0 Å². The van der Waals surface area contributed by atoms with E-state index in [0.29, 0.717) is 28.7 Å². The van der Waals surface area contributed by atoms with Crippen molar-refractivity contribution < 1.29 is 9.53 Å². The molecule has 9 heteroatoms. The van der Waals surface area contributed by atoms with Gasteiger partial charge >= 0.3 is 0 Å². The minimum absolute atomic E-state index is 0.0219. The maximum Gasteiger partial charge on any atom is 0.229 e. The maximum absolute atomic E-state index is 12.7. The minimum atomic E-state index is -0.127. The smallest absolute Gasteiger partial charge is 0.229 e. The van der Waals surface area contributed by atoms with Gasteiger partial charge in [-0.1, -0.05) is 11.6 Å². The fourth-order valence-corrected chi connectivity index (χ4v) is 3.53. The van der Waals surface area contributed by atoms with Gasteiger partial charge in [0.2, 0.25) is 5.91 Å². The lowest BCUT2D eigenvalue weighted by Crippen LogP contribution is -2.41. The highest BCUT2D eigenvalue weighted by molar-refractivity contribution is 6.32. The molecule has 140 valence electrons. The highest BCUT2D eigenvalue weighted by Gasteiger charge is 2.27. The molecule has 4 rings (SSSR count). The fraction of sp³-hybridized carbons (Fsp3) is 0.333. The Bertz CT molecular complexity index is 975. The number of nitrogens with one attached hydrogen (secondary N) is 1. The molecule has 1 aromatic carbocycles. The van der Waals surface area contributed by atoms with Crippen molar-refractivity contribution in [2.24, 2.45) is 5.92 Å². The van der Waals surface area contributed by atoms with Gasteiger partial charge in [0.15, 0.2) is 5.65 Å². The lowest BCUT2D eigenvalue weighted by molar-refractivity contribution is -0.120. The number of aromatic nitrogens is 4. The monoisotopic (exact) mass is 386 g/mol. The number of ether oxygens (including phenoxy) is 1. The van der Waals surface area contributed by atoms with Gasteiger partial charge in [0.1, 0.15) is 17.9 Å². The summed E-state index contributed by atoms with van der Waals surface area (Å²) in [5.74, 6) is 1.24. The van der Waals surface area contributed by atoms with Crippen LogP contribution in [0.15, 0.2) is 36.7 Å². The Hall–Kier alpha value is -2.87. The standard InChI is InChI=1S/C18H19ClN6O2/c1-27-15-5-4-13(9-14(15)19)21-18(26)12-3-2-8-24(10-12)17-7-6-16-22-20-11-25(16)23-17/h4-7,9,11-12H,2-3,8,10H2,1H3,(H,21,26)/t12-/m1/s1. The fourth-order valence-electron chi connectivity index (χ4n) is 3.27. The van der Waals surface area contributed by atoms with E-state index < -0.39 is 0 Å². The van der Waals surface area contributed by atoms with Gasteiger partial charge in [-0.2, -0.15) is 4.52 Å². The zero-order valence-electron chi connectivity index (χ0n) is 14.8. The maximum atomic E-state index is 12.7. The first-order valence-corrected chi connectivity index (χ1v) is 9.08. The predicted octanol–water partition coefficient (Wildman–Crippen LogP) is 2.64. The third kappa shape index (κ3) is 3.66. The van der Waals surface area contributed by atoms with Crippen LogP contribution in [0, 0.1) is 5.92 Å². The van der Waals surface area contributed by atoms with Crippen molar-refractivity contribution in [1.29, 1.82) is 0 Å². The molecule has 1 fully saturated rings. The van der Waals surface area contributed by atoms with Crippen LogP contribution in [-0.2, 0) is 4.79 Å². The first-order valence-electron chi connectivity index (χ1n) is 8.70. The van der Waals surface area contributed by atoms with Gasteiger partial charge in [0.25, 0.3) is 0 Å². The average Bonchev–Trinajstić information content (AvgIpc) is 3.16. The summed E-state index contributed by atoms with van der Waals surface area (Å²) in [4.78, 5) is 14.8. The number of hydrogen-bond acceptors (Lipinski definition) is 6. The quantitative estimate of drug-likeness (QED) is 0.742. The molecule has 0 aliphatic carbocycles. The molecule has 1 aliphatic rings. The van der Waals surface area contributed by atoms with E-state index in [-0.39, 0.29) is 11.8 Å². The van der Waals surface area contributed by atoms with Crippen molar-refractivity contribution in [3.05, 3.63) is 41.7 Å². The van der Waals surface area contributed by atoms with Gasteiger partial charge in [-0.3, -0.25) is 4.79 Å². The third-order valence-corrected chi connectivity index (χ3v) is 4.98. The van der Waals surface area contributed by atoms with Crippen molar-refractivity contribution in [2.45, 2.75) is 12.8 Å². The number of halogens is 1. The van der Waals surface area contributed by atoms with Crippen LogP contribution >= 0.6 is 11.6 Å². The second-order valence-electron chi connectivity index (χ2n) is 6.45. The molecule has 1 N–H and O–H groups in total. The summed E-state index contributed by atoms with van der Waals surface area (Å²) in [6, 6.07) is 9.00. The highest BCUT2D eigenvalue weighted by Crippen LogP contribution is 2.28. The summed E-state index contributed by atoms with van der Waals surface area (Å²) in [6.07, 6.45) is 3.32. The van der Waals surface area contributed by atoms with Crippen LogP contribution in [0.4, 0.5) is 11.5 Å². The zero-order chi connectivity index (χ0) is 18.8. The number of carbonyl (C=O) groups excluding carboxylic acids is 1. The average molecular weight is 387 g/mol. The van der Waals surface area contributed by atoms with E-state index in [1.165, 1.54) is 0 Å². The molecular weight excluding hydrogens is 368 g/mol. The Balaban J connectivity index is 1.45. The molecule has 0 bridgehead atoms. The van der Waals surface area contributed by atoms with Crippen molar-refractivity contribution in [2.75, 3.05) is 30.4 Å². The Kier molecular flexibility index (Phi) is 4.81. The van der Waals surface area contributed by atoms with Crippen molar-refractivity contribution in [1.82, 2.24) is 19.8 Å². The molecule has 1 atom stereocenters. The van der Waals surface area contributed by atoms with Gasteiger partial charge in [0.05, 0.1) is 18.1 Å². The van der Waals surface area contributed by atoms with Gasteiger partial charge in [-0.15, -0.1) is 15.3 Å². The van der Waals surface area contributed by atoms with Gasteiger partial charge in [0, 0.05) is 18.8 Å². The largest absolute Gasteiger partial charge is 0.495 e. The van der Waals surface area contributed by atoms with E-state index in [1.807, 2.05) is 12.1 Å². The van der Waals surface area contributed by atoms with E-state index in [1.54, 1.807) is 36.2 Å². The summed E-state index contributed by atoms with van der Waals surface area (Å²) < 4.78 is 6.78. The van der Waals surface area contributed by atoms with Crippen LogP contribution < -0.4 is 15.0 Å². The number of anilines is 2. The summed E-state index contributed by atoms with van der Waals surface area (Å²) in [6.45, 7) is 1.47. The second-order valence-corrected chi connectivity index (χ2v) is 6.86. The van der Waals surface area contributed by atoms with Crippen LogP contribution in [0.3, 0.4) is 0 Å². The van der Waals surface area contributed by atoms with Gasteiger partial charge in [-0.05, 0) is 43.2 Å². The van der Waals surface area contributed by atoms with Crippen LogP contribution in [0.5, 0.6) is 5.75 Å². The molecule has 0 spiro atoms. The lowest BCUT2D eigenvalue weighted by Gasteiger charge is -2.32. The van der Waals surface area contributed by atoms with Crippen LogP contribution in [0.1, 0.15) is 12.8 Å². The number of piperidine rings is 1. The topological polar surface area (TPSA) is 84.6 Å². The van der Waals surface area contributed by atoms with Crippen molar-refractivity contribution in [3.8, 4) is 5.75 Å². The number of hydrogen-bond donors (Lipinski definition) is 1. The zero-order valence-corrected chi connectivity index (χ0v) is 15.6. The second kappa shape index (κ2) is 7.40. The Labute approximate surface area is 161 Å². The SMILES string of the molecule is COc1ccc(NC(=O)[C@@H]2CCCN(c3ccc4nncn4n3)C2)cc1Cl. The molecule has 3 aromatic rings. The molecule has 3 heterocycles. The molecule has 8 nitrogen and oxygen atoms in total. The molecule has 1 aliphatic heterocycles. The first-order chi connectivity index (χ1) is 13.1. The Morgan fingerprint density at radius 3 is 3.04 bits per heavy atom. The van der Waals surface area contributed by atoms with E-state index >= 15 is 0 Å². The normalized spacial score (nSPS) is 17.1. The number of benzene rings is 1. The Morgan fingerprint density at radius 1 is 1.33 bits per heavy atom. The molecule has 27 heavy (non-hydrogen) atoms. The third-order valence-electron chi connectivity index (χ3n) is 4.68. The van der Waals surface area contributed by atoms with E-state index in [4.69, 9.17) is 16.3 Å². The van der Waals surface area contributed by atoms with Crippen LogP contribution in [0.2, 0.25) is 5.02 Å². The van der Waals surface area contributed by atoms with Crippen LogP contribution in [-0.4, -0.2) is 45.9 Å². The summed E-state index contributed by atoms with van der Waals surface area (Å²) in [5.41, 5.74) is 1.35. The lowest BCUT2D eigenvalue weighted by atomic mass is 9.97. The molecule has 1 amide bonds. The number of nitrogens with zero attached hydrogens (tertiary/aromatic N) is 5. The summed E-state index contributed by atoms with van der Waals surface area (Å²) >= 11 is 6.13. The van der Waals surface area contributed by atoms with E-state index in [0.717, 1.165) is 25.2 Å². The number of fused-ring (bicyclic) bond motifs is 1. The molecule has 0 saturated carbocycles. The molecule has 0 radical (unpaired) electrons. The minimum Gasteiger partial charge on any atom is -0.495 e. The molecule has 1 saturated heterocycles. The molecule has 0 unspecified atom stereocenters. The highest BCUT2D eigenvalue weighted by atomic mass is 35.5. The van der Waals surface area contributed by atoms with E-state index in [2.05, 4.69) is 25.5 Å². The number of carbonyl (C=O) groups is 1. The Morgan fingerprint density at radius 2 is 2.22 bits per heavy atom. The summed E-state index contributed by atoms with van der Waals surface area (Å²) in [5, 5.41) is 15.7. The first kappa shape index (κ1) is 17.5. The molecular formula is C18H19ClN6O2. The molecule has 2 aromatic heterocycles. The van der Waals surface area contributed by atoms with Gasteiger partial charge < -0.3 is 15.0 Å². The van der Waals surface area contributed by atoms with E-state index in [9.17, 15) is 4.79 Å². The number of amides is 1. The summed E-state index contributed by atoms with van der Waals surface area (Å²) in [7, 11) is 1.56.